The van der Waals surface area contributed by atoms with Crippen molar-refractivity contribution in [2.75, 3.05) is 18.0 Å². The maximum atomic E-state index is 13.2. The van der Waals surface area contributed by atoms with Gasteiger partial charge in [-0.05, 0) is 6.07 Å². The Morgan fingerprint density at radius 3 is 2.74 bits per heavy atom. The van der Waals surface area contributed by atoms with Crippen molar-refractivity contribution >= 4 is 28.9 Å². The molecule has 0 bridgehead atoms. The molecule has 0 saturated carbocycles. The number of halogens is 2. The van der Waals surface area contributed by atoms with E-state index in [4.69, 9.17) is 16.7 Å². The third-order valence-corrected chi connectivity index (χ3v) is 3.26. The van der Waals surface area contributed by atoms with Crippen molar-refractivity contribution in [1.29, 1.82) is 0 Å². The minimum absolute atomic E-state index is 0.0131. The van der Waals surface area contributed by atoms with E-state index in [2.05, 4.69) is 0 Å². The van der Waals surface area contributed by atoms with E-state index in [9.17, 15) is 19.3 Å². The van der Waals surface area contributed by atoms with Crippen molar-refractivity contribution < 1.29 is 19.2 Å². The van der Waals surface area contributed by atoms with E-state index in [1.807, 2.05) is 0 Å². The van der Waals surface area contributed by atoms with Gasteiger partial charge in [0, 0.05) is 19.0 Å². The number of nitrogens with zero attached hydrogens (tertiary/aromatic N) is 2. The Labute approximate surface area is 112 Å². The fraction of sp³-hybridized carbons (Fsp3) is 0.364. The van der Waals surface area contributed by atoms with Gasteiger partial charge in [0.15, 0.2) is 0 Å². The highest BCUT2D eigenvalue weighted by Gasteiger charge is 2.33. The lowest BCUT2D eigenvalue weighted by Gasteiger charge is -2.40. The van der Waals surface area contributed by atoms with Crippen LogP contribution in [0.5, 0.6) is 0 Å². The van der Waals surface area contributed by atoms with Crippen LogP contribution >= 0.6 is 11.6 Å². The number of nitro benzene ring substituents is 1. The van der Waals surface area contributed by atoms with Gasteiger partial charge >= 0.3 is 5.97 Å². The first kappa shape index (κ1) is 13.5. The lowest BCUT2D eigenvalue weighted by molar-refractivity contribution is -0.384. The van der Waals surface area contributed by atoms with Gasteiger partial charge in [-0.15, -0.1) is 0 Å². The Bertz CT molecular complexity index is 546. The average molecular weight is 289 g/mol. The molecule has 8 heteroatoms. The van der Waals surface area contributed by atoms with E-state index in [0.717, 1.165) is 6.07 Å². The van der Waals surface area contributed by atoms with E-state index in [-0.39, 0.29) is 28.7 Å². The minimum atomic E-state index is -0.906. The molecule has 0 amide bonds. The second-order valence-corrected chi connectivity index (χ2v) is 4.79. The Hall–Kier alpha value is -1.89. The van der Waals surface area contributed by atoms with Crippen LogP contribution in [-0.2, 0) is 4.79 Å². The molecule has 0 aromatic heterocycles. The number of benzene rings is 1. The molecule has 1 saturated heterocycles. The molecule has 0 atom stereocenters. The number of carbonyl (C=O) groups is 1. The van der Waals surface area contributed by atoms with Gasteiger partial charge in [0.25, 0.3) is 5.69 Å². The molecule has 102 valence electrons. The summed E-state index contributed by atoms with van der Waals surface area (Å²) < 4.78 is 13.2. The zero-order valence-corrected chi connectivity index (χ0v) is 10.4. The number of rotatable bonds is 4. The monoisotopic (exact) mass is 288 g/mol. The van der Waals surface area contributed by atoms with Crippen molar-refractivity contribution in [3.63, 3.8) is 0 Å². The molecule has 1 aromatic carbocycles. The Balaban J connectivity index is 2.19. The van der Waals surface area contributed by atoms with Crippen molar-refractivity contribution in [2.45, 2.75) is 6.42 Å². The largest absolute Gasteiger partial charge is 0.481 e. The van der Waals surface area contributed by atoms with Crippen LogP contribution in [0, 0.1) is 21.8 Å². The van der Waals surface area contributed by atoms with Gasteiger partial charge in [0.1, 0.15) is 11.5 Å². The van der Waals surface area contributed by atoms with Crippen LogP contribution in [-0.4, -0.2) is 29.1 Å². The van der Waals surface area contributed by atoms with Gasteiger partial charge in [-0.3, -0.25) is 14.9 Å². The number of carboxylic acids is 1. The predicted molar refractivity (Wildman–Crippen MR) is 66.0 cm³/mol. The predicted octanol–water partition coefficient (Wildman–Crippen LogP) is 2.30. The molecule has 19 heavy (non-hydrogen) atoms. The summed E-state index contributed by atoms with van der Waals surface area (Å²) in [4.78, 5) is 22.3. The van der Waals surface area contributed by atoms with E-state index < -0.39 is 16.7 Å². The summed E-state index contributed by atoms with van der Waals surface area (Å²) in [7, 11) is 0. The molecule has 1 fully saturated rings. The summed E-state index contributed by atoms with van der Waals surface area (Å²) in [6.07, 6.45) is 0.0131. The first-order valence-corrected chi connectivity index (χ1v) is 5.86. The zero-order chi connectivity index (χ0) is 14.2. The lowest BCUT2D eigenvalue weighted by atomic mass is 9.95. The van der Waals surface area contributed by atoms with Gasteiger partial charge in [-0.25, -0.2) is 4.39 Å². The van der Waals surface area contributed by atoms with Gasteiger partial charge in [-0.2, -0.15) is 0 Å². The molecule has 1 N–H and O–H groups in total. The normalized spacial score (nSPS) is 15.2. The fourth-order valence-corrected chi connectivity index (χ4v) is 2.23. The number of aliphatic carboxylic acids is 1. The van der Waals surface area contributed by atoms with Crippen LogP contribution in [0.15, 0.2) is 12.1 Å². The Morgan fingerprint density at radius 2 is 2.21 bits per heavy atom. The Kier molecular flexibility index (Phi) is 3.57. The molecule has 1 aromatic rings. The van der Waals surface area contributed by atoms with Crippen LogP contribution in [0.4, 0.5) is 15.8 Å². The molecule has 0 unspecified atom stereocenters. The number of nitro groups is 1. The van der Waals surface area contributed by atoms with Crippen LogP contribution in [0.3, 0.4) is 0 Å². The topological polar surface area (TPSA) is 83.7 Å². The number of hydrogen-bond donors (Lipinski definition) is 1. The molecular formula is C11H10ClFN2O4. The smallest absolute Gasteiger partial charge is 0.303 e. The molecule has 1 aliphatic heterocycles. The summed E-state index contributed by atoms with van der Waals surface area (Å²) >= 11 is 5.62. The highest BCUT2D eigenvalue weighted by atomic mass is 35.5. The lowest BCUT2D eigenvalue weighted by Crippen LogP contribution is -2.47. The van der Waals surface area contributed by atoms with Gasteiger partial charge in [0.2, 0.25) is 0 Å². The van der Waals surface area contributed by atoms with Gasteiger partial charge in [-0.1, -0.05) is 11.6 Å². The molecule has 1 aliphatic rings. The van der Waals surface area contributed by atoms with Crippen LogP contribution in [0.1, 0.15) is 6.42 Å². The van der Waals surface area contributed by atoms with Crippen molar-refractivity contribution in [2.24, 2.45) is 5.92 Å². The second-order valence-electron chi connectivity index (χ2n) is 4.38. The van der Waals surface area contributed by atoms with Crippen molar-refractivity contribution in [3.8, 4) is 0 Å². The third kappa shape index (κ3) is 2.76. The maximum absolute atomic E-state index is 13.2. The van der Waals surface area contributed by atoms with Gasteiger partial charge in [0.05, 0.1) is 22.4 Å². The highest BCUT2D eigenvalue weighted by molar-refractivity contribution is 6.31. The summed E-state index contributed by atoms with van der Waals surface area (Å²) in [5.74, 6) is -1.81. The quantitative estimate of drug-likeness (QED) is 0.679. The molecule has 0 radical (unpaired) electrons. The summed E-state index contributed by atoms with van der Waals surface area (Å²) in [6, 6.07) is 1.98. The molecule has 0 aliphatic carbocycles. The van der Waals surface area contributed by atoms with E-state index in [1.54, 1.807) is 4.90 Å². The van der Waals surface area contributed by atoms with E-state index in [1.165, 1.54) is 6.07 Å². The van der Waals surface area contributed by atoms with Gasteiger partial charge < -0.3 is 10.0 Å². The molecular weight excluding hydrogens is 279 g/mol. The highest BCUT2D eigenvalue weighted by Crippen LogP contribution is 2.37. The maximum Gasteiger partial charge on any atom is 0.303 e. The SMILES string of the molecule is O=C(O)CC1CN(c2cc(Cl)c(F)cc2[N+](=O)[O-])C1. The number of anilines is 1. The first-order valence-electron chi connectivity index (χ1n) is 5.48. The summed E-state index contributed by atoms with van der Waals surface area (Å²) in [6.45, 7) is 0.768. The Morgan fingerprint density at radius 1 is 1.58 bits per heavy atom. The number of carboxylic acid groups (broad SMARTS) is 1. The molecule has 6 nitrogen and oxygen atoms in total. The van der Waals surface area contributed by atoms with E-state index >= 15 is 0 Å². The van der Waals surface area contributed by atoms with Crippen LogP contribution < -0.4 is 4.90 Å². The average Bonchev–Trinajstić information content (AvgIpc) is 2.25. The zero-order valence-electron chi connectivity index (χ0n) is 9.68. The van der Waals surface area contributed by atoms with Crippen molar-refractivity contribution in [1.82, 2.24) is 0 Å². The molecule has 2 rings (SSSR count). The number of hydrogen-bond acceptors (Lipinski definition) is 4. The second kappa shape index (κ2) is 5.00. The van der Waals surface area contributed by atoms with Crippen LogP contribution in [0.2, 0.25) is 5.02 Å². The standard InChI is InChI=1S/C11H10ClFN2O4/c12-7-2-9(10(15(18)19)3-8(7)13)14-4-6(5-14)1-11(16)17/h2-3,6H,1,4-5H2,(H,16,17). The summed E-state index contributed by atoms with van der Waals surface area (Å²) in [5.41, 5.74) is -0.145. The molecule has 1 heterocycles. The molecule has 0 spiro atoms. The fourth-order valence-electron chi connectivity index (χ4n) is 2.07. The van der Waals surface area contributed by atoms with Crippen molar-refractivity contribution in [3.05, 3.63) is 33.1 Å². The third-order valence-electron chi connectivity index (χ3n) is 2.98. The van der Waals surface area contributed by atoms with E-state index in [0.29, 0.717) is 13.1 Å². The first-order chi connectivity index (χ1) is 8.88. The van der Waals surface area contributed by atoms with Crippen LogP contribution in [0.25, 0.3) is 0 Å². The summed E-state index contributed by atoms with van der Waals surface area (Å²) in [5, 5.41) is 19.3. The minimum Gasteiger partial charge on any atom is -0.481 e.